The van der Waals surface area contributed by atoms with E-state index in [9.17, 15) is 19.5 Å². The Kier molecular flexibility index (Phi) is 10.6. The molecule has 1 spiro atoms. The molecule has 44 heavy (non-hydrogen) atoms. The zero-order chi connectivity index (χ0) is 31.4. The summed E-state index contributed by atoms with van der Waals surface area (Å²) in [5, 5.41) is 10.8. The fraction of sp³-hybridized carbons (Fsp3) is 0.606. The second kappa shape index (κ2) is 14.2. The summed E-state index contributed by atoms with van der Waals surface area (Å²) in [4.78, 5) is 50.8. The van der Waals surface area contributed by atoms with Gasteiger partial charge in [-0.25, -0.2) is 0 Å². The van der Waals surface area contributed by atoms with Crippen LogP contribution in [0.1, 0.15) is 31.4 Å². The van der Waals surface area contributed by atoms with Crippen molar-refractivity contribution in [2.45, 2.75) is 48.4 Å². The number of halogens is 1. The molecule has 5 rings (SSSR count). The molecule has 11 heteroatoms. The van der Waals surface area contributed by atoms with Crippen LogP contribution in [0.4, 0.5) is 0 Å². The standard InChI is InChI=1S/C33H45BrN4O6/c1-4-12-36(13-5-2)30(40)26-27-31(41)38(25(22-39)23-10-8-7-9-11-23)29(33(27)21-24(34)28(26)44-33)32(42)37(14-6-3)16-15-35-17-19-43-20-18-35/h4,6-11,24-29,39H,1,3,5,12-22H2,2H3/t24?,25-,26-,27+,28-,29?,33?/m1/s1. The predicted octanol–water partition coefficient (Wildman–Crippen LogP) is 2.24. The average Bonchev–Trinajstić information content (AvgIpc) is 3.63. The zero-order valence-corrected chi connectivity index (χ0v) is 27.1. The summed E-state index contributed by atoms with van der Waals surface area (Å²) in [5.41, 5.74) is -0.506. The van der Waals surface area contributed by atoms with Crippen LogP contribution in [0.5, 0.6) is 0 Å². The highest BCUT2D eigenvalue weighted by Crippen LogP contribution is 2.61. The van der Waals surface area contributed by atoms with Crippen molar-refractivity contribution in [1.82, 2.24) is 19.6 Å². The third-order valence-electron chi connectivity index (χ3n) is 9.54. The lowest BCUT2D eigenvalue weighted by Gasteiger charge is -2.40. The number of benzene rings is 1. The number of morpholine rings is 1. The summed E-state index contributed by atoms with van der Waals surface area (Å²) in [7, 11) is 0. The maximum atomic E-state index is 14.8. The number of nitrogens with zero attached hydrogens (tertiary/aromatic N) is 4. The van der Waals surface area contributed by atoms with Gasteiger partial charge in [0.25, 0.3) is 0 Å². The monoisotopic (exact) mass is 672 g/mol. The van der Waals surface area contributed by atoms with Crippen molar-refractivity contribution < 1.29 is 29.0 Å². The van der Waals surface area contributed by atoms with Crippen LogP contribution >= 0.6 is 15.9 Å². The number of carbonyl (C=O) groups is 3. The van der Waals surface area contributed by atoms with Gasteiger partial charge >= 0.3 is 0 Å². The van der Waals surface area contributed by atoms with Crippen LogP contribution in [-0.4, -0.2) is 131 Å². The fourth-order valence-electron chi connectivity index (χ4n) is 7.63. The molecule has 10 nitrogen and oxygen atoms in total. The van der Waals surface area contributed by atoms with Crippen molar-refractivity contribution in [3.8, 4) is 0 Å². The molecule has 240 valence electrons. The van der Waals surface area contributed by atoms with Gasteiger partial charge in [-0.05, 0) is 18.4 Å². The topological polar surface area (TPSA) is 103 Å². The predicted molar refractivity (Wildman–Crippen MR) is 170 cm³/mol. The summed E-state index contributed by atoms with van der Waals surface area (Å²) in [6.07, 6.45) is 3.99. The lowest BCUT2D eigenvalue weighted by Crippen LogP contribution is -2.58. The Bertz CT molecular complexity index is 1210. The van der Waals surface area contributed by atoms with Crippen LogP contribution in [0.3, 0.4) is 0 Å². The molecule has 3 amide bonds. The molecule has 1 aromatic rings. The van der Waals surface area contributed by atoms with Gasteiger partial charge in [0, 0.05) is 50.6 Å². The SMILES string of the molecule is C=CCN(CCN1CCOCC1)C(=O)C1N([C@H](CO)c2ccccc2)C(=O)[C@@H]2[C@@H](C(=O)N(CC=C)CCC)[C@@H]3OC12CC3Br. The highest BCUT2D eigenvalue weighted by Gasteiger charge is 2.77. The number of hydrogen-bond donors (Lipinski definition) is 1. The number of aliphatic hydroxyl groups excluding tert-OH is 1. The summed E-state index contributed by atoms with van der Waals surface area (Å²) in [6.45, 7) is 14.5. The average molecular weight is 674 g/mol. The first-order valence-electron chi connectivity index (χ1n) is 15.7. The van der Waals surface area contributed by atoms with Crippen molar-refractivity contribution in [3.05, 3.63) is 61.2 Å². The summed E-state index contributed by atoms with van der Waals surface area (Å²) >= 11 is 3.77. The Labute approximate surface area is 268 Å². The molecular weight excluding hydrogens is 628 g/mol. The molecule has 0 aromatic heterocycles. The Morgan fingerprint density at radius 2 is 1.77 bits per heavy atom. The van der Waals surface area contributed by atoms with Crippen LogP contribution < -0.4 is 0 Å². The Hall–Kier alpha value is -2.57. The van der Waals surface area contributed by atoms with Crippen LogP contribution in [0.2, 0.25) is 0 Å². The van der Waals surface area contributed by atoms with E-state index in [-0.39, 0.29) is 29.2 Å². The number of fused-ring (bicyclic) bond motifs is 1. The number of likely N-dealkylation sites (tertiary alicyclic amines) is 1. The van der Waals surface area contributed by atoms with E-state index in [0.717, 1.165) is 19.5 Å². The molecule has 4 saturated heterocycles. The highest BCUT2D eigenvalue weighted by atomic mass is 79.9. The van der Waals surface area contributed by atoms with Gasteiger partial charge in [-0.3, -0.25) is 19.3 Å². The normalized spacial score (nSPS) is 30.2. The largest absolute Gasteiger partial charge is 0.394 e. The van der Waals surface area contributed by atoms with Crippen molar-refractivity contribution in [3.63, 3.8) is 0 Å². The third kappa shape index (κ3) is 5.89. The van der Waals surface area contributed by atoms with Gasteiger partial charge in [-0.2, -0.15) is 0 Å². The Morgan fingerprint density at radius 3 is 2.39 bits per heavy atom. The maximum absolute atomic E-state index is 14.8. The smallest absolute Gasteiger partial charge is 0.248 e. The van der Waals surface area contributed by atoms with E-state index in [1.54, 1.807) is 22.0 Å². The van der Waals surface area contributed by atoms with Gasteiger partial charge in [0.15, 0.2) is 0 Å². The van der Waals surface area contributed by atoms with E-state index in [1.807, 2.05) is 37.3 Å². The Balaban J connectivity index is 1.56. The molecule has 7 atom stereocenters. The minimum atomic E-state index is -1.22. The van der Waals surface area contributed by atoms with E-state index in [1.165, 1.54) is 4.90 Å². The first kappa shape index (κ1) is 32.8. The number of rotatable bonds is 14. The lowest BCUT2D eigenvalue weighted by molar-refractivity contribution is -0.152. The van der Waals surface area contributed by atoms with Crippen LogP contribution in [-0.2, 0) is 23.9 Å². The van der Waals surface area contributed by atoms with Gasteiger partial charge in [0.1, 0.15) is 11.6 Å². The van der Waals surface area contributed by atoms with E-state index >= 15 is 0 Å². The second-order valence-corrected chi connectivity index (χ2v) is 13.3. The van der Waals surface area contributed by atoms with Crippen LogP contribution in [0.15, 0.2) is 55.6 Å². The number of hydrogen-bond acceptors (Lipinski definition) is 7. The van der Waals surface area contributed by atoms with Gasteiger partial charge in [-0.15, -0.1) is 13.2 Å². The summed E-state index contributed by atoms with van der Waals surface area (Å²) in [5.74, 6) is -2.36. The molecule has 0 radical (unpaired) electrons. The summed E-state index contributed by atoms with van der Waals surface area (Å²) < 4.78 is 12.3. The van der Waals surface area contributed by atoms with Crippen molar-refractivity contribution in [1.29, 1.82) is 0 Å². The van der Waals surface area contributed by atoms with Gasteiger partial charge in [-0.1, -0.05) is 65.3 Å². The molecule has 0 aliphatic carbocycles. The molecule has 0 saturated carbocycles. The minimum Gasteiger partial charge on any atom is -0.394 e. The van der Waals surface area contributed by atoms with Gasteiger partial charge < -0.3 is 29.3 Å². The van der Waals surface area contributed by atoms with Crippen LogP contribution in [0.25, 0.3) is 0 Å². The zero-order valence-electron chi connectivity index (χ0n) is 25.6. The molecule has 1 aromatic carbocycles. The molecule has 1 N–H and O–H groups in total. The quantitative estimate of drug-likeness (QED) is 0.239. The number of amides is 3. The summed E-state index contributed by atoms with van der Waals surface area (Å²) in [6, 6.07) is 7.46. The van der Waals surface area contributed by atoms with E-state index in [4.69, 9.17) is 9.47 Å². The minimum absolute atomic E-state index is 0.162. The molecule has 2 bridgehead atoms. The van der Waals surface area contributed by atoms with Crippen molar-refractivity contribution >= 4 is 33.7 Å². The van der Waals surface area contributed by atoms with E-state index in [0.29, 0.717) is 57.9 Å². The molecule has 4 heterocycles. The molecule has 4 fully saturated rings. The highest BCUT2D eigenvalue weighted by molar-refractivity contribution is 9.09. The fourth-order valence-corrected chi connectivity index (χ4v) is 8.57. The number of carbonyl (C=O) groups excluding carboxylic acids is 3. The number of alkyl halides is 1. The van der Waals surface area contributed by atoms with E-state index < -0.39 is 35.6 Å². The Morgan fingerprint density at radius 1 is 1.11 bits per heavy atom. The van der Waals surface area contributed by atoms with Crippen molar-refractivity contribution in [2.75, 3.05) is 65.6 Å². The van der Waals surface area contributed by atoms with Crippen LogP contribution in [0, 0.1) is 11.8 Å². The van der Waals surface area contributed by atoms with E-state index in [2.05, 4.69) is 34.0 Å². The lowest BCUT2D eigenvalue weighted by atomic mass is 9.70. The molecule has 3 unspecified atom stereocenters. The third-order valence-corrected chi connectivity index (χ3v) is 10.4. The first-order valence-corrected chi connectivity index (χ1v) is 16.6. The first-order chi connectivity index (χ1) is 21.3. The maximum Gasteiger partial charge on any atom is 0.248 e. The molecular formula is C33H45BrN4O6. The number of ether oxygens (including phenoxy) is 2. The number of aliphatic hydroxyl groups is 1. The van der Waals surface area contributed by atoms with Gasteiger partial charge in [0.2, 0.25) is 17.7 Å². The van der Waals surface area contributed by atoms with Crippen molar-refractivity contribution in [2.24, 2.45) is 11.8 Å². The molecule has 4 aliphatic heterocycles. The van der Waals surface area contributed by atoms with Gasteiger partial charge in [0.05, 0.1) is 43.8 Å². The molecule has 4 aliphatic rings. The second-order valence-electron chi connectivity index (χ2n) is 12.1.